The fourth-order valence-corrected chi connectivity index (χ4v) is 3.60. The van der Waals surface area contributed by atoms with E-state index in [1.807, 2.05) is 78.9 Å². The standard InChI is InChI=1S/C30H29N3O3/c34-29(33-26-14-16-28(17-15-26)36-19-18-23-8-3-1-4-9-23)22-31-27-13-7-12-25(20-27)30(35)32-21-24-10-5-2-6-11-24/h1-17,20,31H,18-19,21-22H2,(H,32,35)(H,33,34). The van der Waals surface area contributed by atoms with Crippen molar-refractivity contribution in [2.45, 2.75) is 13.0 Å². The van der Waals surface area contributed by atoms with Gasteiger partial charge in [-0.2, -0.15) is 0 Å². The molecule has 0 aliphatic rings. The molecule has 0 unspecified atom stereocenters. The Morgan fingerprint density at radius 2 is 1.39 bits per heavy atom. The Hall–Kier alpha value is -4.58. The molecule has 0 spiro atoms. The van der Waals surface area contributed by atoms with E-state index in [0.717, 1.165) is 17.7 Å². The van der Waals surface area contributed by atoms with Gasteiger partial charge in [0.2, 0.25) is 5.91 Å². The molecular formula is C30H29N3O3. The zero-order valence-corrected chi connectivity index (χ0v) is 19.9. The summed E-state index contributed by atoms with van der Waals surface area (Å²) in [6.45, 7) is 1.12. The second-order valence-corrected chi connectivity index (χ2v) is 8.26. The molecular weight excluding hydrogens is 450 g/mol. The predicted molar refractivity (Wildman–Crippen MR) is 143 cm³/mol. The van der Waals surface area contributed by atoms with Crippen LogP contribution in [0, 0.1) is 0 Å². The lowest BCUT2D eigenvalue weighted by Gasteiger charge is -2.11. The first kappa shape index (κ1) is 24.5. The maximum atomic E-state index is 12.5. The first-order valence-electron chi connectivity index (χ1n) is 11.9. The highest BCUT2D eigenvalue weighted by molar-refractivity contribution is 5.96. The summed E-state index contributed by atoms with van der Waals surface area (Å²) in [5, 5.41) is 8.84. The van der Waals surface area contributed by atoms with Crippen LogP contribution in [0.2, 0.25) is 0 Å². The number of carbonyl (C=O) groups excluding carboxylic acids is 2. The SMILES string of the molecule is O=C(CNc1cccc(C(=O)NCc2ccccc2)c1)Nc1ccc(OCCc2ccccc2)cc1. The van der Waals surface area contributed by atoms with Crippen LogP contribution in [0.15, 0.2) is 109 Å². The van der Waals surface area contributed by atoms with Crippen molar-refractivity contribution in [1.82, 2.24) is 5.32 Å². The number of hydrogen-bond acceptors (Lipinski definition) is 4. The summed E-state index contributed by atoms with van der Waals surface area (Å²) >= 11 is 0. The van der Waals surface area contributed by atoms with Gasteiger partial charge in [-0.1, -0.05) is 66.7 Å². The monoisotopic (exact) mass is 479 g/mol. The van der Waals surface area contributed by atoms with Crippen LogP contribution in [0.3, 0.4) is 0 Å². The van der Waals surface area contributed by atoms with Crippen molar-refractivity contribution in [3.8, 4) is 5.75 Å². The van der Waals surface area contributed by atoms with E-state index < -0.39 is 0 Å². The fraction of sp³-hybridized carbons (Fsp3) is 0.133. The van der Waals surface area contributed by atoms with Crippen LogP contribution in [0.1, 0.15) is 21.5 Å². The van der Waals surface area contributed by atoms with Gasteiger partial charge in [0.25, 0.3) is 5.91 Å². The minimum atomic E-state index is -0.188. The third-order valence-corrected chi connectivity index (χ3v) is 5.51. The Labute approximate surface area is 211 Å². The number of rotatable bonds is 11. The van der Waals surface area contributed by atoms with E-state index in [1.54, 1.807) is 18.2 Å². The molecule has 0 saturated carbocycles. The number of amides is 2. The molecule has 0 aromatic heterocycles. The van der Waals surface area contributed by atoms with Gasteiger partial charge in [-0.15, -0.1) is 0 Å². The first-order chi connectivity index (χ1) is 17.7. The topological polar surface area (TPSA) is 79.5 Å². The maximum Gasteiger partial charge on any atom is 0.251 e. The summed E-state index contributed by atoms with van der Waals surface area (Å²) < 4.78 is 5.79. The molecule has 0 aliphatic heterocycles. The Kier molecular flexibility index (Phi) is 8.70. The predicted octanol–water partition coefficient (Wildman–Crippen LogP) is 5.29. The normalized spacial score (nSPS) is 10.3. The van der Waals surface area contributed by atoms with E-state index >= 15 is 0 Å². The molecule has 0 heterocycles. The van der Waals surface area contributed by atoms with Gasteiger partial charge in [0.15, 0.2) is 0 Å². The van der Waals surface area contributed by atoms with Crippen LogP contribution < -0.4 is 20.7 Å². The van der Waals surface area contributed by atoms with Crippen molar-refractivity contribution >= 4 is 23.2 Å². The number of benzene rings is 4. The summed E-state index contributed by atoms with van der Waals surface area (Å²) in [4.78, 5) is 24.9. The summed E-state index contributed by atoms with van der Waals surface area (Å²) in [6.07, 6.45) is 0.834. The summed E-state index contributed by atoms with van der Waals surface area (Å²) in [7, 11) is 0. The van der Waals surface area contributed by atoms with E-state index in [9.17, 15) is 9.59 Å². The molecule has 0 fully saturated rings. The van der Waals surface area contributed by atoms with Gasteiger partial charge < -0.3 is 20.7 Å². The lowest BCUT2D eigenvalue weighted by molar-refractivity contribution is -0.114. The van der Waals surface area contributed by atoms with E-state index in [0.29, 0.717) is 30.1 Å². The molecule has 36 heavy (non-hydrogen) atoms. The van der Waals surface area contributed by atoms with Crippen LogP contribution >= 0.6 is 0 Å². The molecule has 0 atom stereocenters. The van der Waals surface area contributed by atoms with Gasteiger partial charge in [0.05, 0.1) is 13.2 Å². The molecule has 6 heteroatoms. The number of nitrogens with one attached hydrogen (secondary N) is 3. The van der Waals surface area contributed by atoms with Gasteiger partial charge in [0.1, 0.15) is 5.75 Å². The van der Waals surface area contributed by atoms with Crippen molar-refractivity contribution in [2.24, 2.45) is 0 Å². The Morgan fingerprint density at radius 3 is 2.11 bits per heavy atom. The molecule has 0 radical (unpaired) electrons. The smallest absolute Gasteiger partial charge is 0.251 e. The first-order valence-corrected chi connectivity index (χ1v) is 11.9. The zero-order chi connectivity index (χ0) is 25.0. The van der Waals surface area contributed by atoms with E-state index in [2.05, 4.69) is 28.1 Å². The van der Waals surface area contributed by atoms with Crippen LogP contribution in [-0.2, 0) is 17.8 Å². The number of carbonyl (C=O) groups is 2. The van der Waals surface area contributed by atoms with Crippen LogP contribution in [0.4, 0.5) is 11.4 Å². The third kappa shape index (κ3) is 7.74. The van der Waals surface area contributed by atoms with Crippen LogP contribution in [-0.4, -0.2) is 25.0 Å². The van der Waals surface area contributed by atoms with Gasteiger partial charge >= 0.3 is 0 Å². The lowest BCUT2D eigenvalue weighted by atomic mass is 10.1. The van der Waals surface area contributed by atoms with E-state index in [1.165, 1.54) is 5.56 Å². The summed E-state index contributed by atoms with van der Waals surface area (Å²) in [6, 6.07) is 34.3. The highest BCUT2D eigenvalue weighted by Crippen LogP contribution is 2.16. The van der Waals surface area contributed by atoms with Crippen LogP contribution in [0.25, 0.3) is 0 Å². The molecule has 0 saturated heterocycles. The zero-order valence-electron chi connectivity index (χ0n) is 19.9. The van der Waals surface area contributed by atoms with Gasteiger partial charge in [-0.05, 0) is 53.6 Å². The van der Waals surface area contributed by atoms with Crippen molar-refractivity contribution < 1.29 is 14.3 Å². The van der Waals surface area contributed by atoms with E-state index in [4.69, 9.17) is 4.74 Å². The maximum absolute atomic E-state index is 12.5. The molecule has 4 rings (SSSR count). The molecule has 3 N–H and O–H groups in total. The highest BCUT2D eigenvalue weighted by atomic mass is 16.5. The molecule has 0 aliphatic carbocycles. The second kappa shape index (κ2) is 12.8. The average Bonchev–Trinajstić information content (AvgIpc) is 2.93. The minimum absolute atomic E-state index is 0.0738. The number of anilines is 2. The number of hydrogen-bond donors (Lipinski definition) is 3. The Morgan fingerprint density at radius 1 is 0.694 bits per heavy atom. The third-order valence-electron chi connectivity index (χ3n) is 5.51. The number of ether oxygens (including phenoxy) is 1. The molecule has 4 aromatic carbocycles. The van der Waals surface area contributed by atoms with Crippen LogP contribution in [0.5, 0.6) is 5.75 Å². The molecule has 4 aromatic rings. The molecule has 0 bridgehead atoms. The molecule has 6 nitrogen and oxygen atoms in total. The van der Waals surface area contributed by atoms with Crippen molar-refractivity contribution in [3.63, 3.8) is 0 Å². The van der Waals surface area contributed by atoms with Gasteiger partial charge in [-0.3, -0.25) is 9.59 Å². The van der Waals surface area contributed by atoms with Crippen molar-refractivity contribution in [3.05, 3.63) is 126 Å². The van der Waals surface area contributed by atoms with Crippen molar-refractivity contribution in [2.75, 3.05) is 23.8 Å². The second-order valence-electron chi connectivity index (χ2n) is 8.26. The minimum Gasteiger partial charge on any atom is -0.493 e. The van der Waals surface area contributed by atoms with E-state index in [-0.39, 0.29) is 18.4 Å². The summed E-state index contributed by atoms with van der Waals surface area (Å²) in [5.41, 5.74) is 4.17. The van der Waals surface area contributed by atoms with Gasteiger partial charge in [0, 0.05) is 29.9 Å². The lowest BCUT2D eigenvalue weighted by Crippen LogP contribution is -2.23. The molecule has 182 valence electrons. The van der Waals surface area contributed by atoms with Crippen molar-refractivity contribution in [1.29, 1.82) is 0 Å². The Bertz CT molecular complexity index is 1260. The summed E-state index contributed by atoms with van der Waals surface area (Å²) in [5.74, 6) is 0.397. The Balaban J connectivity index is 1.20. The average molecular weight is 480 g/mol. The quantitative estimate of drug-likeness (QED) is 0.273. The largest absolute Gasteiger partial charge is 0.493 e. The highest BCUT2D eigenvalue weighted by Gasteiger charge is 2.08. The van der Waals surface area contributed by atoms with Gasteiger partial charge in [-0.25, -0.2) is 0 Å². The fourth-order valence-electron chi connectivity index (χ4n) is 3.60. The molecule has 2 amide bonds.